The summed E-state index contributed by atoms with van der Waals surface area (Å²) >= 11 is 0. The van der Waals surface area contributed by atoms with Crippen LogP contribution < -0.4 is 4.72 Å². The van der Waals surface area contributed by atoms with E-state index in [0.717, 1.165) is 4.72 Å². The van der Waals surface area contributed by atoms with Gasteiger partial charge in [-0.25, -0.2) is 4.72 Å². The summed E-state index contributed by atoms with van der Waals surface area (Å²) in [6, 6.07) is 0. The van der Waals surface area contributed by atoms with E-state index in [1.54, 1.807) is 6.92 Å². The average Bonchev–Trinajstić information content (AvgIpc) is 2.47. The first-order valence-corrected chi connectivity index (χ1v) is 8.45. The number of hydrogen-bond acceptors (Lipinski definition) is 7. The number of aliphatic hydroxyl groups is 2. The first kappa shape index (κ1) is 22.6. The first-order chi connectivity index (χ1) is 11.0. The molecule has 0 bridgehead atoms. The van der Waals surface area contributed by atoms with Crippen LogP contribution in [0.5, 0.6) is 0 Å². The summed E-state index contributed by atoms with van der Waals surface area (Å²) in [6.45, 7) is 0.145. The number of alkyl halides is 3. The molecule has 0 aliphatic heterocycles. The fourth-order valence-electron chi connectivity index (χ4n) is 1.51. The SMILES string of the molecule is CCC(CO)(CO)C(=O)OCCCCC(=O)NS(=O)(=O)C(F)(F)F. The molecule has 0 unspecified atom stereocenters. The molecule has 0 heterocycles. The molecule has 0 aliphatic carbocycles. The number of aliphatic hydroxyl groups excluding tert-OH is 2. The molecule has 12 heteroatoms. The van der Waals surface area contributed by atoms with Gasteiger partial charge in [0, 0.05) is 6.42 Å². The third kappa shape index (κ3) is 6.24. The Labute approximate surface area is 137 Å². The van der Waals surface area contributed by atoms with E-state index in [4.69, 9.17) is 14.9 Å². The fraction of sp³-hybridized carbons (Fsp3) is 0.833. The lowest BCUT2D eigenvalue weighted by Gasteiger charge is -2.25. The normalized spacial score (nSPS) is 12.8. The Morgan fingerprint density at radius 2 is 1.67 bits per heavy atom. The van der Waals surface area contributed by atoms with Gasteiger partial charge >= 0.3 is 21.5 Å². The minimum absolute atomic E-state index is 0.0239. The van der Waals surface area contributed by atoms with E-state index in [9.17, 15) is 31.2 Å². The molecule has 1 amide bonds. The van der Waals surface area contributed by atoms with Crippen LogP contribution in [0.25, 0.3) is 0 Å². The van der Waals surface area contributed by atoms with Crippen molar-refractivity contribution < 1.29 is 46.1 Å². The average molecular weight is 379 g/mol. The highest BCUT2D eigenvalue weighted by Crippen LogP contribution is 2.23. The molecule has 3 N–H and O–H groups in total. The molecule has 8 nitrogen and oxygen atoms in total. The van der Waals surface area contributed by atoms with Crippen molar-refractivity contribution in [3.05, 3.63) is 0 Å². The van der Waals surface area contributed by atoms with Crippen LogP contribution in [0.1, 0.15) is 32.6 Å². The number of ether oxygens (including phenoxy) is 1. The Balaban J connectivity index is 4.20. The number of carbonyl (C=O) groups is 2. The van der Waals surface area contributed by atoms with E-state index in [2.05, 4.69) is 0 Å². The van der Waals surface area contributed by atoms with Gasteiger partial charge in [0.15, 0.2) is 0 Å². The van der Waals surface area contributed by atoms with E-state index in [0.29, 0.717) is 0 Å². The van der Waals surface area contributed by atoms with Gasteiger partial charge in [0.1, 0.15) is 5.41 Å². The maximum Gasteiger partial charge on any atom is 0.516 e. The number of rotatable bonds is 10. The molecule has 0 aromatic rings. The van der Waals surface area contributed by atoms with Gasteiger partial charge in [0.2, 0.25) is 5.91 Å². The topological polar surface area (TPSA) is 130 Å². The zero-order valence-electron chi connectivity index (χ0n) is 12.9. The Morgan fingerprint density at radius 1 is 1.12 bits per heavy atom. The van der Waals surface area contributed by atoms with Crippen molar-refractivity contribution in [3.8, 4) is 0 Å². The van der Waals surface area contributed by atoms with Gasteiger partial charge in [-0.2, -0.15) is 21.6 Å². The second kappa shape index (κ2) is 9.18. The number of unbranched alkanes of at least 4 members (excludes halogenated alkanes) is 1. The smallest absolute Gasteiger partial charge is 0.465 e. The van der Waals surface area contributed by atoms with Crippen LogP contribution in [0.2, 0.25) is 0 Å². The summed E-state index contributed by atoms with van der Waals surface area (Å²) in [5, 5.41) is 18.3. The Hall–Kier alpha value is -1.40. The molecule has 0 aromatic heterocycles. The van der Waals surface area contributed by atoms with Gasteiger partial charge < -0.3 is 14.9 Å². The van der Waals surface area contributed by atoms with Crippen molar-refractivity contribution in [3.63, 3.8) is 0 Å². The molecule has 0 rings (SSSR count). The van der Waals surface area contributed by atoms with Crippen molar-refractivity contribution in [2.45, 2.75) is 38.1 Å². The number of esters is 1. The second-order valence-corrected chi connectivity index (χ2v) is 6.69. The molecule has 24 heavy (non-hydrogen) atoms. The van der Waals surface area contributed by atoms with Crippen LogP contribution in [-0.2, 0) is 24.3 Å². The van der Waals surface area contributed by atoms with Crippen LogP contribution in [-0.4, -0.2) is 55.8 Å². The Bertz CT molecular complexity index is 521. The first-order valence-electron chi connectivity index (χ1n) is 6.96. The highest BCUT2D eigenvalue weighted by Gasteiger charge is 2.46. The standard InChI is InChI=1S/C12H20F3NO7S/c1-2-11(7-17,8-18)10(20)23-6-4-3-5-9(19)16-24(21,22)12(13,14)15/h17-18H,2-8H2,1H3,(H,16,19). The van der Waals surface area contributed by atoms with Crippen molar-refractivity contribution >= 4 is 21.9 Å². The van der Waals surface area contributed by atoms with Gasteiger partial charge in [-0.1, -0.05) is 6.92 Å². The van der Waals surface area contributed by atoms with Crippen LogP contribution in [0.4, 0.5) is 13.2 Å². The molecule has 142 valence electrons. The van der Waals surface area contributed by atoms with E-state index in [1.165, 1.54) is 0 Å². The minimum Gasteiger partial charge on any atom is -0.465 e. The highest BCUT2D eigenvalue weighted by molar-refractivity contribution is 7.90. The summed E-state index contributed by atoms with van der Waals surface area (Å²) in [5.41, 5.74) is -7.01. The number of nitrogens with one attached hydrogen (secondary N) is 1. The fourth-order valence-corrected chi connectivity index (χ4v) is 2.03. The number of halogens is 3. The minimum atomic E-state index is -5.72. The second-order valence-electron chi connectivity index (χ2n) is 5.02. The van der Waals surface area contributed by atoms with Gasteiger partial charge in [0.05, 0.1) is 19.8 Å². The van der Waals surface area contributed by atoms with Gasteiger partial charge in [-0.05, 0) is 19.3 Å². The molecule has 0 radical (unpaired) electrons. The zero-order valence-corrected chi connectivity index (χ0v) is 13.7. The zero-order chi connectivity index (χ0) is 19.0. The molecule has 0 aliphatic rings. The maximum atomic E-state index is 12.0. The number of carbonyl (C=O) groups excluding carboxylic acids is 2. The molecule has 0 saturated heterocycles. The third-order valence-electron chi connectivity index (χ3n) is 3.30. The van der Waals surface area contributed by atoms with Crippen LogP contribution >= 0.6 is 0 Å². The van der Waals surface area contributed by atoms with Gasteiger partial charge in [-0.15, -0.1) is 0 Å². The van der Waals surface area contributed by atoms with E-state index >= 15 is 0 Å². The van der Waals surface area contributed by atoms with Crippen LogP contribution in [0.3, 0.4) is 0 Å². The molecule has 0 fully saturated rings. The third-order valence-corrected chi connectivity index (χ3v) is 4.41. The molecular formula is C12H20F3NO7S. The highest BCUT2D eigenvalue weighted by atomic mass is 32.2. The number of amides is 1. The lowest BCUT2D eigenvalue weighted by atomic mass is 9.87. The monoisotopic (exact) mass is 379 g/mol. The predicted octanol–water partition coefficient (Wildman–Crippen LogP) is 0.0467. The quantitative estimate of drug-likeness (QED) is 0.361. The summed E-state index contributed by atoms with van der Waals surface area (Å²) in [7, 11) is -5.72. The Morgan fingerprint density at radius 3 is 2.08 bits per heavy atom. The lowest BCUT2D eigenvalue weighted by Crippen LogP contribution is -2.40. The van der Waals surface area contributed by atoms with Gasteiger partial charge in [-0.3, -0.25) is 9.59 Å². The van der Waals surface area contributed by atoms with E-state index in [-0.39, 0.29) is 25.9 Å². The number of hydrogen-bond donors (Lipinski definition) is 3. The van der Waals surface area contributed by atoms with Crippen molar-refractivity contribution in [1.29, 1.82) is 0 Å². The maximum absolute atomic E-state index is 12.0. The molecule has 0 atom stereocenters. The van der Waals surface area contributed by atoms with E-state index < -0.39 is 52.5 Å². The molecular weight excluding hydrogens is 359 g/mol. The lowest BCUT2D eigenvalue weighted by molar-refractivity contribution is -0.162. The summed E-state index contributed by atoms with van der Waals surface area (Å²) in [6.07, 6.45) is -0.311. The van der Waals surface area contributed by atoms with Crippen LogP contribution in [0, 0.1) is 5.41 Å². The van der Waals surface area contributed by atoms with Crippen molar-refractivity contribution in [2.24, 2.45) is 5.41 Å². The largest absolute Gasteiger partial charge is 0.516 e. The summed E-state index contributed by atoms with van der Waals surface area (Å²) in [4.78, 5) is 22.9. The summed E-state index contributed by atoms with van der Waals surface area (Å²) in [5.74, 6) is -2.16. The van der Waals surface area contributed by atoms with Crippen molar-refractivity contribution in [1.82, 2.24) is 4.72 Å². The molecule has 0 saturated carbocycles. The molecule has 0 spiro atoms. The van der Waals surface area contributed by atoms with Crippen molar-refractivity contribution in [2.75, 3.05) is 19.8 Å². The molecule has 0 aromatic carbocycles. The number of sulfonamides is 1. The van der Waals surface area contributed by atoms with Crippen LogP contribution in [0.15, 0.2) is 0 Å². The summed E-state index contributed by atoms with van der Waals surface area (Å²) < 4.78 is 63.2. The Kier molecular flexibility index (Phi) is 8.64. The predicted molar refractivity (Wildman–Crippen MR) is 74.8 cm³/mol. The van der Waals surface area contributed by atoms with E-state index in [1.807, 2.05) is 0 Å². The van der Waals surface area contributed by atoms with Gasteiger partial charge in [0.25, 0.3) is 0 Å².